The predicted molar refractivity (Wildman–Crippen MR) is 110 cm³/mol. The number of nitrogens with one attached hydrogen (secondary N) is 1. The molecular weight excluding hydrogens is 340 g/mol. The van der Waals surface area contributed by atoms with Gasteiger partial charge in [-0.25, -0.2) is 4.79 Å². The maximum atomic E-state index is 12.1. The lowest BCUT2D eigenvalue weighted by molar-refractivity contribution is -0.120. The monoisotopic (exact) mass is 372 g/mol. The van der Waals surface area contributed by atoms with Crippen LogP contribution in [0.1, 0.15) is 71.3 Å². The number of nitrogens with zero attached hydrogens (tertiary/aromatic N) is 3. The van der Waals surface area contributed by atoms with E-state index in [1.807, 2.05) is 25.6 Å². The summed E-state index contributed by atoms with van der Waals surface area (Å²) in [4.78, 5) is 25.1. The fourth-order valence-electron chi connectivity index (χ4n) is 3.65. The van der Waals surface area contributed by atoms with Crippen molar-refractivity contribution >= 4 is 28.7 Å². The van der Waals surface area contributed by atoms with Crippen LogP contribution in [0.25, 0.3) is 10.9 Å². The standard InChI is InChI=1S/C19H26N4O2.C2H6/c1-4-6-13(7-5-2)14-8-9-15-16(12-14)22(3)21-18(15)23-11-10-17(24)20-19(23)25;1-2/h8-9,12-13H,4-7,10-11H2,1-3H3,(H,20,24,25);1-2H3. The normalized spacial score (nSPS) is 14.4. The number of aromatic nitrogens is 2. The summed E-state index contributed by atoms with van der Waals surface area (Å²) in [6.07, 6.45) is 5.00. The van der Waals surface area contributed by atoms with Gasteiger partial charge in [-0.2, -0.15) is 5.10 Å². The van der Waals surface area contributed by atoms with Crippen LogP contribution in [0.2, 0.25) is 0 Å². The Labute approximate surface area is 161 Å². The molecule has 1 fully saturated rings. The van der Waals surface area contributed by atoms with Crippen molar-refractivity contribution < 1.29 is 9.59 Å². The van der Waals surface area contributed by atoms with Crippen molar-refractivity contribution in [1.82, 2.24) is 15.1 Å². The van der Waals surface area contributed by atoms with Crippen LogP contribution in [0.15, 0.2) is 18.2 Å². The highest BCUT2D eigenvalue weighted by atomic mass is 16.2. The molecule has 1 aliphatic heterocycles. The third-order valence-electron chi connectivity index (χ3n) is 4.91. The minimum Gasteiger partial charge on any atom is -0.278 e. The number of carbonyl (C=O) groups excluding carboxylic acids is 2. The van der Waals surface area contributed by atoms with E-state index in [9.17, 15) is 9.59 Å². The first-order valence-corrected chi connectivity index (χ1v) is 10.1. The molecule has 148 valence electrons. The first-order valence-electron chi connectivity index (χ1n) is 10.1. The number of urea groups is 1. The van der Waals surface area contributed by atoms with Crippen molar-refractivity contribution in [3.05, 3.63) is 23.8 Å². The Bertz CT molecular complexity index is 791. The Morgan fingerprint density at radius 2 is 1.81 bits per heavy atom. The fraction of sp³-hybridized carbons (Fsp3) is 0.571. The number of benzene rings is 1. The van der Waals surface area contributed by atoms with Crippen molar-refractivity contribution in [3.8, 4) is 0 Å². The van der Waals surface area contributed by atoms with E-state index in [4.69, 9.17) is 0 Å². The predicted octanol–water partition coefficient (Wildman–Crippen LogP) is 4.73. The molecule has 0 radical (unpaired) electrons. The Morgan fingerprint density at radius 1 is 1.15 bits per heavy atom. The minimum atomic E-state index is -0.393. The molecule has 0 spiro atoms. The van der Waals surface area contributed by atoms with Gasteiger partial charge in [0, 0.05) is 25.4 Å². The van der Waals surface area contributed by atoms with Crippen molar-refractivity contribution in [3.63, 3.8) is 0 Å². The molecule has 1 saturated heterocycles. The molecule has 1 aromatic heterocycles. The number of fused-ring (bicyclic) bond motifs is 1. The number of hydrogen-bond acceptors (Lipinski definition) is 3. The number of anilines is 1. The molecule has 0 unspecified atom stereocenters. The minimum absolute atomic E-state index is 0.231. The average molecular weight is 373 g/mol. The molecule has 6 heteroatoms. The molecule has 0 aliphatic carbocycles. The Kier molecular flexibility index (Phi) is 7.39. The average Bonchev–Trinajstić information content (AvgIpc) is 2.99. The van der Waals surface area contributed by atoms with Crippen molar-refractivity contribution in [2.75, 3.05) is 11.4 Å². The van der Waals surface area contributed by atoms with Crippen LogP contribution in [0.4, 0.5) is 10.6 Å². The van der Waals surface area contributed by atoms with Gasteiger partial charge in [0.2, 0.25) is 5.91 Å². The van der Waals surface area contributed by atoms with Gasteiger partial charge in [-0.3, -0.25) is 19.7 Å². The summed E-state index contributed by atoms with van der Waals surface area (Å²) in [5, 5.41) is 7.86. The molecule has 2 aromatic rings. The molecule has 2 heterocycles. The van der Waals surface area contributed by atoms with Gasteiger partial charge < -0.3 is 0 Å². The number of hydrogen-bond donors (Lipinski definition) is 1. The SMILES string of the molecule is CC.CCCC(CCC)c1ccc2c(N3CCC(=O)NC3=O)nn(C)c2c1. The van der Waals surface area contributed by atoms with Crippen LogP contribution in [-0.2, 0) is 11.8 Å². The number of rotatable bonds is 6. The summed E-state index contributed by atoms with van der Waals surface area (Å²) >= 11 is 0. The lowest BCUT2D eigenvalue weighted by Gasteiger charge is -2.24. The summed E-state index contributed by atoms with van der Waals surface area (Å²) in [5.41, 5.74) is 2.36. The van der Waals surface area contributed by atoms with Crippen LogP contribution in [0, 0.1) is 0 Å². The third-order valence-corrected chi connectivity index (χ3v) is 4.91. The van der Waals surface area contributed by atoms with E-state index in [0.717, 1.165) is 10.9 Å². The molecule has 1 N–H and O–H groups in total. The van der Waals surface area contributed by atoms with E-state index in [2.05, 4.69) is 42.5 Å². The summed E-state index contributed by atoms with van der Waals surface area (Å²) in [6.45, 7) is 8.81. The Hall–Kier alpha value is -2.37. The summed E-state index contributed by atoms with van der Waals surface area (Å²) in [7, 11) is 1.90. The van der Waals surface area contributed by atoms with Gasteiger partial charge in [0.1, 0.15) is 0 Å². The molecule has 3 rings (SSSR count). The van der Waals surface area contributed by atoms with Gasteiger partial charge in [-0.1, -0.05) is 46.6 Å². The second kappa shape index (κ2) is 9.53. The molecule has 0 bridgehead atoms. The third kappa shape index (κ3) is 4.49. The Balaban J connectivity index is 0.00000126. The number of amides is 3. The van der Waals surface area contributed by atoms with Crippen LogP contribution in [0.3, 0.4) is 0 Å². The molecule has 6 nitrogen and oxygen atoms in total. The molecule has 0 saturated carbocycles. The highest BCUT2D eigenvalue weighted by Gasteiger charge is 2.28. The van der Waals surface area contributed by atoms with E-state index >= 15 is 0 Å². The summed E-state index contributed by atoms with van der Waals surface area (Å²) in [5.74, 6) is 0.955. The van der Waals surface area contributed by atoms with Crippen LogP contribution in [-0.4, -0.2) is 28.3 Å². The molecular formula is C21H32N4O2. The van der Waals surface area contributed by atoms with Crippen LogP contribution < -0.4 is 10.2 Å². The first kappa shape index (κ1) is 20.9. The fourth-order valence-corrected chi connectivity index (χ4v) is 3.65. The highest BCUT2D eigenvalue weighted by Crippen LogP contribution is 2.32. The van der Waals surface area contributed by atoms with Gasteiger partial charge >= 0.3 is 6.03 Å². The highest BCUT2D eigenvalue weighted by molar-refractivity contribution is 6.08. The first-order chi connectivity index (χ1) is 13.0. The van der Waals surface area contributed by atoms with Crippen LogP contribution >= 0.6 is 0 Å². The van der Waals surface area contributed by atoms with E-state index in [1.165, 1.54) is 31.2 Å². The Morgan fingerprint density at radius 3 is 2.41 bits per heavy atom. The van der Waals surface area contributed by atoms with Crippen molar-refractivity contribution in [1.29, 1.82) is 0 Å². The van der Waals surface area contributed by atoms with Crippen molar-refractivity contribution in [2.45, 2.75) is 65.7 Å². The van der Waals surface area contributed by atoms with E-state index < -0.39 is 6.03 Å². The van der Waals surface area contributed by atoms with E-state index in [1.54, 1.807) is 4.90 Å². The van der Waals surface area contributed by atoms with Crippen LogP contribution in [0.5, 0.6) is 0 Å². The maximum absolute atomic E-state index is 12.1. The van der Waals surface area contributed by atoms with E-state index in [-0.39, 0.29) is 5.91 Å². The molecule has 0 atom stereocenters. The second-order valence-corrected chi connectivity index (χ2v) is 6.75. The number of aryl methyl sites for hydroxylation is 1. The summed E-state index contributed by atoms with van der Waals surface area (Å²) in [6, 6.07) is 6.04. The lowest BCUT2D eigenvalue weighted by Crippen LogP contribution is -2.49. The van der Waals surface area contributed by atoms with Crippen molar-refractivity contribution in [2.24, 2.45) is 7.05 Å². The second-order valence-electron chi connectivity index (χ2n) is 6.75. The van der Waals surface area contributed by atoms with Gasteiger partial charge in [0.25, 0.3) is 0 Å². The number of carbonyl (C=O) groups is 2. The van der Waals surface area contributed by atoms with E-state index in [0.29, 0.717) is 24.7 Å². The zero-order chi connectivity index (χ0) is 20.0. The maximum Gasteiger partial charge on any atom is 0.329 e. The lowest BCUT2D eigenvalue weighted by atomic mass is 9.90. The molecule has 27 heavy (non-hydrogen) atoms. The largest absolute Gasteiger partial charge is 0.329 e. The van der Waals surface area contributed by atoms with Gasteiger partial charge in [0.05, 0.1) is 5.52 Å². The zero-order valence-electron chi connectivity index (χ0n) is 17.2. The van der Waals surface area contributed by atoms with Gasteiger partial charge in [0.15, 0.2) is 5.82 Å². The molecule has 3 amide bonds. The van der Waals surface area contributed by atoms with Gasteiger partial charge in [-0.15, -0.1) is 0 Å². The topological polar surface area (TPSA) is 67.2 Å². The summed E-state index contributed by atoms with van der Waals surface area (Å²) < 4.78 is 1.83. The molecule has 1 aromatic carbocycles. The van der Waals surface area contributed by atoms with Gasteiger partial charge in [-0.05, 0) is 36.5 Å². The zero-order valence-corrected chi connectivity index (χ0v) is 17.2. The molecule has 1 aliphatic rings. The quantitative estimate of drug-likeness (QED) is 0.797. The number of imide groups is 1. The smallest absolute Gasteiger partial charge is 0.278 e.